The van der Waals surface area contributed by atoms with Crippen LogP contribution in [0.2, 0.25) is 5.02 Å². The molecular formula is C14H13BrClN3OS. The number of nitrogens with two attached hydrogens (primary N) is 1. The number of pyridine rings is 1. The van der Waals surface area contributed by atoms with Gasteiger partial charge in [-0.15, -0.1) is 11.8 Å². The first-order chi connectivity index (χ1) is 10.1. The van der Waals surface area contributed by atoms with E-state index in [1.807, 2.05) is 12.1 Å². The smallest absolute Gasteiger partial charge is 0.225 e. The van der Waals surface area contributed by atoms with Crippen LogP contribution in [-0.4, -0.2) is 16.6 Å². The number of rotatable bonds is 5. The number of amides is 1. The summed E-state index contributed by atoms with van der Waals surface area (Å²) >= 11 is 10.8. The van der Waals surface area contributed by atoms with E-state index in [0.717, 1.165) is 9.50 Å². The van der Waals surface area contributed by atoms with Crippen LogP contribution in [-0.2, 0) is 4.79 Å². The molecule has 0 spiro atoms. The Morgan fingerprint density at radius 2 is 2.24 bits per heavy atom. The molecule has 4 nitrogen and oxygen atoms in total. The van der Waals surface area contributed by atoms with E-state index in [0.29, 0.717) is 28.6 Å². The van der Waals surface area contributed by atoms with Crippen LogP contribution in [0, 0.1) is 0 Å². The Kier molecular flexibility index (Phi) is 5.90. The van der Waals surface area contributed by atoms with Crippen molar-refractivity contribution in [1.29, 1.82) is 0 Å². The number of nitrogens with zero attached hydrogens (tertiary/aromatic N) is 1. The van der Waals surface area contributed by atoms with E-state index >= 15 is 0 Å². The molecule has 0 aliphatic carbocycles. The van der Waals surface area contributed by atoms with E-state index < -0.39 is 0 Å². The van der Waals surface area contributed by atoms with Gasteiger partial charge in [0.15, 0.2) is 0 Å². The van der Waals surface area contributed by atoms with Crippen molar-refractivity contribution in [2.75, 3.05) is 16.8 Å². The van der Waals surface area contributed by atoms with Crippen molar-refractivity contribution in [3.05, 3.63) is 46.0 Å². The molecule has 1 aromatic heterocycles. The summed E-state index contributed by atoms with van der Waals surface area (Å²) in [6.07, 6.45) is 2.11. The van der Waals surface area contributed by atoms with E-state index in [4.69, 9.17) is 17.3 Å². The van der Waals surface area contributed by atoms with E-state index in [1.165, 1.54) is 11.8 Å². The van der Waals surface area contributed by atoms with Crippen LogP contribution >= 0.6 is 39.3 Å². The number of thioether (sulfide) groups is 1. The summed E-state index contributed by atoms with van der Waals surface area (Å²) in [6.45, 7) is 0. The topological polar surface area (TPSA) is 68.0 Å². The highest BCUT2D eigenvalue weighted by Crippen LogP contribution is 2.25. The number of halogens is 2. The molecule has 0 atom stereocenters. The number of carbonyl (C=O) groups excluding carboxylic acids is 1. The summed E-state index contributed by atoms with van der Waals surface area (Å²) in [5, 5.41) is 4.14. The van der Waals surface area contributed by atoms with Gasteiger partial charge in [0.2, 0.25) is 5.91 Å². The van der Waals surface area contributed by atoms with Gasteiger partial charge in [0.25, 0.3) is 0 Å². The Balaban J connectivity index is 1.82. The molecule has 0 radical (unpaired) electrons. The number of hydrogen-bond donors (Lipinski definition) is 2. The van der Waals surface area contributed by atoms with Crippen LogP contribution in [0.1, 0.15) is 6.42 Å². The first-order valence-corrected chi connectivity index (χ1v) is 8.30. The molecule has 0 unspecified atom stereocenters. The van der Waals surface area contributed by atoms with Gasteiger partial charge >= 0.3 is 0 Å². The third-order valence-corrected chi connectivity index (χ3v) is 4.83. The Morgan fingerprint density at radius 1 is 1.43 bits per heavy atom. The lowest BCUT2D eigenvalue weighted by Crippen LogP contribution is -2.12. The fraction of sp³-hybridized carbons (Fsp3) is 0.143. The summed E-state index contributed by atoms with van der Waals surface area (Å²) in [5.74, 6) is 0.570. The molecule has 2 aromatic rings. The number of anilines is 2. The second-order valence-electron chi connectivity index (χ2n) is 4.17. The number of hydrogen-bond acceptors (Lipinski definition) is 4. The molecule has 1 aromatic carbocycles. The normalized spacial score (nSPS) is 10.4. The Hall–Kier alpha value is -1.24. The Morgan fingerprint density at radius 3 is 2.95 bits per heavy atom. The molecule has 0 saturated carbocycles. The minimum atomic E-state index is -0.0729. The largest absolute Gasteiger partial charge is 0.397 e. The van der Waals surface area contributed by atoms with Gasteiger partial charge in [-0.05, 0) is 46.3 Å². The van der Waals surface area contributed by atoms with Crippen LogP contribution in [0.4, 0.5) is 11.4 Å². The van der Waals surface area contributed by atoms with Gasteiger partial charge in [0.05, 0.1) is 10.7 Å². The molecule has 0 aliphatic rings. The van der Waals surface area contributed by atoms with Crippen molar-refractivity contribution in [2.45, 2.75) is 11.4 Å². The molecule has 0 saturated heterocycles. The third kappa shape index (κ3) is 4.91. The monoisotopic (exact) mass is 385 g/mol. The number of carbonyl (C=O) groups is 1. The van der Waals surface area contributed by atoms with Gasteiger partial charge in [0.1, 0.15) is 5.03 Å². The average molecular weight is 387 g/mol. The van der Waals surface area contributed by atoms with Gasteiger partial charge in [-0.1, -0.05) is 11.6 Å². The zero-order valence-electron chi connectivity index (χ0n) is 11.0. The van der Waals surface area contributed by atoms with E-state index in [2.05, 4.69) is 26.2 Å². The van der Waals surface area contributed by atoms with Gasteiger partial charge in [-0.25, -0.2) is 4.98 Å². The quantitative estimate of drug-likeness (QED) is 0.597. The first kappa shape index (κ1) is 16.1. The lowest BCUT2D eigenvalue weighted by Gasteiger charge is -2.07. The van der Waals surface area contributed by atoms with Crippen molar-refractivity contribution in [2.24, 2.45) is 0 Å². The summed E-state index contributed by atoms with van der Waals surface area (Å²) < 4.78 is 0.931. The molecule has 0 bridgehead atoms. The molecular weight excluding hydrogens is 374 g/mol. The van der Waals surface area contributed by atoms with E-state index in [9.17, 15) is 4.79 Å². The lowest BCUT2D eigenvalue weighted by molar-refractivity contribution is -0.115. The first-order valence-electron chi connectivity index (χ1n) is 6.14. The Bertz CT molecular complexity index is 654. The number of benzene rings is 1. The van der Waals surface area contributed by atoms with Gasteiger partial charge in [-0.2, -0.15) is 0 Å². The molecule has 3 N–H and O–H groups in total. The van der Waals surface area contributed by atoms with Gasteiger partial charge < -0.3 is 11.1 Å². The summed E-state index contributed by atoms with van der Waals surface area (Å²) in [6, 6.07) is 8.80. The van der Waals surface area contributed by atoms with Crippen molar-refractivity contribution in [1.82, 2.24) is 4.98 Å². The molecule has 7 heteroatoms. The molecule has 1 amide bonds. The van der Waals surface area contributed by atoms with Gasteiger partial charge in [0, 0.05) is 28.5 Å². The second kappa shape index (κ2) is 7.68. The Labute approximate surface area is 140 Å². The summed E-state index contributed by atoms with van der Waals surface area (Å²) in [4.78, 5) is 16.1. The molecule has 110 valence electrons. The lowest BCUT2D eigenvalue weighted by atomic mass is 10.2. The highest BCUT2D eigenvalue weighted by atomic mass is 79.9. The number of aromatic nitrogens is 1. The van der Waals surface area contributed by atoms with Crippen LogP contribution in [0.5, 0.6) is 0 Å². The predicted molar refractivity (Wildman–Crippen MR) is 91.8 cm³/mol. The molecule has 21 heavy (non-hydrogen) atoms. The number of nitrogen functional groups attached to an aromatic ring is 1. The van der Waals surface area contributed by atoms with Crippen LogP contribution < -0.4 is 11.1 Å². The minimum absolute atomic E-state index is 0.0729. The highest BCUT2D eigenvalue weighted by Gasteiger charge is 2.06. The maximum Gasteiger partial charge on any atom is 0.225 e. The molecule has 0 aliphatic heterocycles. The fourth-order valence-electron chi connectivity index (χ4n) is 1.56. The standard InChI is InChI=1S/C14H13BrClN3OS/c15-10-2-1-6-18-14(10)21-7-5-13(20)19-9-3-4-11(16)12(17)8-9/h1-4,6,8H,5,7,17H2,(H,19,20). The van der Waals surface area contributed by atoms with Crippen molar-refractivity contribution in [3.63, 3.8) is 0 Å². The maximum atomic E-state index is 11.9. The molecule has 2 rings (SSSR count). The van der Waals surface area contributed by atoms with Crippen LogP contribution in [0.25, 0.3) is 0 Å². The highest BCUT2D eigenvalue weighted by molar-refractivity contribution is 9.10. The van der Waals surface area contributed by atoms with Gasteiger partial charge in [-0.3, -0.25) is 4.79 Å². The second-order valence-corrected chi connectivity index (χ2v) is 6.52. The number of nitrogens with one attached hydrogen (secondary N) is 1. The maximum absolute atomic E-state index is 11.9. The van der Waals surface area contributed by atoms with Crippen molar-refractivity contribution >= 4 is 56.6 Å². The predicted octanol–water partition coefficient (Wildman–Crippen LogP) is 4.20. The van der Waals surface area contributed by atoms with Crippen LogP contribution in [0.15, 0.2) is 46.0 Å². The summed E-state index contributed by atoms with van der Waals surface area (Å²) in [7, 11) is 0. The molecule has 1 heterocycles. The average Bonchev–Trinajstić information content (AvgIpc) is 2.45. The SMILES string of the molecule is Nc1cc(NC(=O)CCSc2ncccc2Br)ccc1Cl. The fourth-order valence-corrected chi connectivity index (χ4v) is 3.10. The van der Waals surface area contributed by atoms with Crippen LogP contribution in [0.3, 0.4) is 0 Å². The third-order valence-electron chi connectivity index (χ3n) is 2.57. The molecule has 0 fully saturated rings. The van der Waals surface area contributed by atoms with Crippen molar-refractivity contribution in [3.8, 4) is 0 Å². The summed E-state index contributed by atoms with van der Waals surface area (Å²) in [5.41, 5.74) is 6.78. The van der Waals surface area contributed by atoms with E-state index in [1.54, 1.807) is 24.4 Å². The van der Waals surface area contributed by atoms with Crippen molar-refractivity contribution < 1.29 is 4.79 Å². The zero-order valence-corrected chi connectivity index (χ0v) is 14.1. The zero-order chi connectivity index (χ0) is 15.2. The minimum Gasteiger partial charge on any atom is -0.397 e. The van der Waals surface area contributed by atoms with E-state index in [-0.39, 0.29) is 5.91 Å².